The Morgan fingerprint density at radius 1 is 1.14 bits per heavy atom. The number of para-hydroxylation sites is 1. The maximum Gasteiger partial charge on any atom is 0.411 e. The van der Waals surface area contributed by atoms with Crippen molar-refractivity contribution in [2.75, 3.05) is 25.6 Å². The molecule has 1 aromatic heterocycles. The second-order valence-corrected chi connectivity index (χ2v) is 16.3. The molecule has 1 aliphatic heterocycles. The van der Waals surface area contributed by atoms with Crippen molar-refractivity contribution < 1.29 is 19.1 Å². The fourth-order valence-corrected chi connectivity index (χ4v) is 5.57. The highest BCUT2D eigenvalue weighted by atomic mass is 28.3. The van der Waals surface area contributed by atoms with E-state index in [1.54, 1.807) is 0 Å². The topological polar surface area (TPSA) is 72.6 Å². The number of nitrogens with zero attached hydrogens (tertiary/aromatic N) is 2. The van der Waals surface area contributed by atoms with Crippen LogP contribution >= 0.6 is 0 Å². The summed E-state index contributed by atoms with van der Waals surface area (Å²) in [7, 11) is 2.11. The molecule has 1 N–H and O–H groups in total. The Morgan fingerprint density at radius 2 is 1.89 bits per heavy atom. The Balaban J connectivity index is 1.52. The van der Waals surface area contributed by atoms with Gasteiger partial charge in [-0.2, -0.15) is 0 Å². The average molecular weight is 518 g/mol. The second kappa shape index (κ2) is 10.8. The molecule has 3 atom stereocenters. The minimum Gasteiger partial charge on any atom is -0.468 e. The fraction of sp³-hybridized carbons (Fsp3) is 0.379. The predicted octanol–water partition coefficient (Wildman–Crippen LogP) is 5.19. The highest BCUT2D eigenvalue weighted by Crippen LogP contribution is 2.46. The van der Waals surface area contributed by atoms with E-state index in [0.717, 1.165) is 33.6 Å². The Morgan fingerprint density at radius 3 is 2.59 bits per heavy atom. The maximum atomic E-state index is 12.7. The van der Waals surface area contributed by atoms with Crippen molar-refractivity contribution in [1.29, 1.82) is 0 Å². The van der Waals surface area contributed by atoms with Crippen molar-refractivity contribution in [1.82, 2.24) is 9.47 Å². The average Bonchev–Trinajstić information content (AvgIpc) is 3.49. The summed E-state index contributed by atoms with van der Waals surface area (Å²) in [5.41, 5.74) is 4.59. The van der Waals surface area contributed by atoms with Gasteiger partial charge >= 0.3 is 12.1 Å². The maximum absolute atomic E-state index is 12.7. The molecule has 2 aromatic carbocycles. The molecule has 1 aliphatic rings. The van der Waals surface area contributed by atoms with Crippen LogP contribution in [0.25, 0.3) is 10.9 Å². The van der Waals surface area contributed by atoms with Crippen LogP contribution in [0.4, 0.5) is 10.5 Å². The number of hydrogen-bond donors (Lipinski definition) is 1. The molecule has 1 amide bonds. The van der Waals surface area contributed by atoms with Gasteiger partial charge in [-0.1, -0.05) is 49.8 Å². The van der Waals surface area contributed by atoms with E-state index in [1.165, 1.54) is 7.11 Å². The number of hydrogen-bond acceptors (Lipinski definition) is 5. The quantitative estimate of drug-likeness (QED) is 0.183. The molecule has 3 aromatic rings. The second-order valence-electron chi connectivity index (χ2n) is 10.7. The summed E-state index contributed by atoms with van der Waals surface area (Å²) < 4.78 is 12.6. The van der Waals surface area contributed by atoms with Gasteiger partial charge in [0.1, 0.15) is 6.04 Å². The minimum absolute atomic E-state index is 0.201. The molecule has 194 valence electrons. The number of terminal acetylenes is 1. The van der Waals surface area contributed by atoms with E-state index < -0.39 is 20.2 Å². The van der Waals surface area contributed by atoms with Gasteiger partial charge in [0, 0.05) is 50.0 Å². The van der Waals surface area contributed by atoms with Crippen LogP contribution in [0.3, 0.4) is 0 Å². The molecule has 0 aliphatic carbocycles. The third-order valence-electron chi connectivity index (χ3n) is 6.86. The molecule has 1 saturated heterocycles. The molecule has 37 heavy (non-hydrogen) atoms. The number of carbonyl (C=O) groups is 2. The number of ether oxygens (including phenoxy) is 2. The number of fused-ring (bicyclic) bond motifs is 1. The molecule has 2 heterocycles. The first-order chi connectivity index (χ1) is 17.6. The number of nitrogens with one attached hydrogen (secondary N) is 1. The lowest BCUT2D eigenvalue weighted by atomic mass is 10.0. The Labute approximate surface area is 219 Å². The summed E-state index contributed by atoms with van der Waals surface area (Å²) in [6.45, 7) is 7.75. The van der Waals surface area contributed by atoms with E-state index >= 15 is 0 Å². The zero-order chi connectivity index (χ0) is 26.7. The van der Waals surface area contributed by atoms with E-state index in [-0.39, 0.29) is 12.0 Å². The van der Waals surface area contributed by atoms with Crippen LogP contribution in [0.15, 0.2) is 48.7 Å². The van der Waals surface area contributed by atoms with Crippen LogP contribution < -0.4 is 5.32 Å². The van der Waals surface area contributed by atoms with Crippen LogP contribution in [0.5, 0.6) is 0 Å². The zero-order valence-corrected chi connectivity index (χ0v) is 23.2. The summed E-state index contributed by atoms with van der Waals surface area (Å²) in [4.78, 5) is 27.3. The van der Waals surface area contributed by atoms with Gasteiger partial charge < -0.3 is 14.0 Å². The minimum atomic E-state index is -1.30. The normalized spacial score (nSPS) is 18.8. The first kappa shape index (κ1) is 26.5. The van der Waals surface area contributed by atoms with Crippen LogP contribution in [-0.2, 0) is 27.7 Å². The first-order valence-corrected chi connectivity index (χ1v) is 16.2. The highest BCUT2D eigenvalue weighted by molar-refractivity contribution is 6.76. The number of anilines is 1. The van der Waals surface area contributed by atoms with Crippen molar-refractivity contribution in [3.05, 3.63) is 65.4 Å². The van der Waals surface area contributed by atoms with Crippen molar-refractivity contribution in [2.45, 2.75) is 44.2 Å². The highest BCUT2D eigenvalue weighted by Gasteiger charge is 2.54. The zero-order valence-electron chi connectivity index (χ0n) is 22.2. The summed E-state index contributed by atoms with van der Waals surface area (Å²) in [5, 5.41) is 3.96. The Bertz CT molecular complexity index is 1350. The lowest BCUT2D eigenvalue weighted by Gasteiger charge is -2.16. The number of amides is 1. The molecule has 0 saturated carbocycles. The van der Waals surface area contributed by atoms with Gasteiger partial charge in [-0.3, -0.25) is 15.0 Å². The monoisotopic (exact) mass is 517 g/mol. The number of carbonyl (C=O) groups excluding carboxylic acids is 2. The molecule has 0 spiro atoms. The number of benzene rings is 2. The molecule has 1 fully saturated rings. The summed E-state index contributed by atoms with van der Waals surface area (Å²) in [6, 6.07) is 13.8. The van der Waals surface area contributed by atoms with Crippen LogP contribution in [0, 0.1) is 12.3 Å². The lowest BCUT2D eigenvalue weighted by Crippen LogP contribution is -2.24. The van der Waals surface area contributed by atoms with Gasteiger partial charge in [0.15, 0.2) is 0 Å². The molecule has 0 radical (unpaired) electrons. The SMILES string of the molecule is C#Cc1cccc2c1c(CCN1[C@@H](C(=O)OC)[C@@H]1c1ccccc1NC(=O)OCC[Si](C)(C)C)cn2C. The molecule has 4 rings (SSSR count). The number of aryl methyl sites for hydroxylation is 1. The van der Waals surface area contributed by atoms with Crippen molar-refractivity contribution in [3.8, 4) is 12.3 Å². The fourth-order valence-electron chi connectivity index (χ4n) is 4.85. The van der Waals surface area contributed by atoms with Crippen LogP contribution in [0.2, 0.25) is 25.7 Å². The number of methoxy groups -OCH3 is 1. The van der Waals surface area contributed by atoms with Gasteiger partial charge in [-0.25, -0.2) is 4.79 Å². The largest absolute Gasteiger partial charge is 0.468 e. The molecule has 7 nitrogen and oxygen atoms in total. The lowest BCUT2D eigenvalue weighted by molar-refractivity contribution is -0.140. The van der Waals surface area contributed by atoms with Gasteiger partial charge in [0.25, 0.3) is 0 Å². The van der Waals surface area contributed by atoms with Gasteiger partial charge in [0.2, 0.25) is 0 Å². The van der Waals surface area contributed by atoms with E-state index in [9.17, 15) is 9.59 Å². The third kappa shape index (κ3) is 5.90. The van der Waals surface area contributed by atoms with E-state index in [0.29, 0.717) is 25.3 Å². The molecular formula is C29H35N3O4Si. The summed E-state index contributed by atoms with van der Waals surface area (Å²) >= 11 is 0. The van der Waals surface area contributed by atoms with E-state index in [2.05, 4.69) is 52.6 Å². The number of esters is 1. The van der Waals surface area contributed by atoms with Crippen molar-refractivity contribution in [3.63, 3.8) is 0 Å². The van der Waals surface area contributed by atoms with Crippen LogP contribution in [-0.4, -0.2) is 55.9 Å². The molecule has 1 unspecified atom stereocenters. The molecular weight excluding hydrogens is 482 g/mol. The summed E-state index contributed by atoms with van der Waals surface area (Å²) in [6.07, 6.45) is 8.11. The first-order valence-electron chi connectivity index (χ1n) is 12.5. The third-order valence-corrected chi connectivity index (χ3v) is 8.56. The molecule has 8 heteroatoms. The number of aromatic nitrogens is 1. The van der Waals surface area contributed by atoms with Crippen LogP contribution in [0.1, 0.15) is 22.7 Å². The van der Waals surface area contributed by atoms with Gasteiger partial charge in [-0.15, -0.1) is 6.42 Å². The Hall–Kier alpha value is -3.54. The standard InChI is InChI=1S/C29H35N3O4Si/c1-7-20-11-10-14-24-25(20)21(19-31(24)2)15-16-32-26(27(32)28(33)35-3)22-12-8-9-13-23(22)30-29(34)36-17-18-37(4,5)6/h1,8-14,19,26-27H,15-18H2,2-6H3,(H,30,34)/t26-,27+,32?/m0/s1. The van der Waals surface area contributed by atoms with Crippen molar-refractivity contribution in [2.24, 2.45) is 7.05 Å². The predicted molar refractivity (Wildman–Crippen MR) is 149 cm³/mol. The van der Waals surface area contributed by atoms with Gasteiger partial charge in [0.05, 0.1) is 19.8 Å². The summed E-state index contributed by atoms with van der Waals surface area (Å²) in [5.74, 6) is 2.50. The van der Waals surface area contributed by atoms with Gasteiger partial charge in [-0.05, 0) is 41.8 Å². The van der Waals surface area contributed by atoms with Crippen molar-refractivity contribution >= 4 is 36.7 Å². The van der Waals surface area contributed by atoms with E-state index in [4.69, 9.17) is 15.9 Å². The molecule has 0 bridgehead atoms. The number of rotatable bonds is 9. The Kier molecular flexibility index (Phi) is 7.76. The van der Waals surface area contributed by atoms with E-state index in [1.807, 2.05) is 43.4 Å². The smallest absolute Gasteiger partial charge is 0.411 e.